The fourth-order valence-electron chi connectivity index (χ4n) is 3.97. The molecular weight excluding hydrogens is 204 g/mol. The van der Waals surface area contributed by atoms with Crippen molar-refractivity contribution in [1.82, 2.24) is 0 Å². The molecule has 2 aliphatic heterocycles. The molecule has 3 nitrogen and oxygen atoms in total. The highest BCUT2D eigenvalue weighted by molar-refractivity contribution is 5.32. The molecule has 1 aliphatic carbocycles. The first-order valence-electron chi connectivity index (χ1n) is 6.00. The zero-order valence-electron chi connectivity index (χ0n) is 10.3. The molecule has 90 valence electrons. The molecule has 3 rings (SSSR count). The third-order valence-electron chi connectivity index (χ3n) is 4.55. The molecule has 0 bridgehead atoms. The van der Waals surface area contributed by atoms with Crippen molar-refractivity contribution in [2.24, 2.45) is 5.41 Å². The van der Waals surface area contributed by atoms with Crippen molar-refractivity contribution in [3.8, 4) is 0 Å². The molecule has 16 heavy (non-hydrogen) atoms. The van der Waals surface area contributed by atoms with E-state index in [4.69, 9.17) is 14.2 Å². The molecule has 2 atom stereocenters. The van der Waals surface area contributed by atoms with E-state index in [1.165, 1.54) is 0 Å². The van der Waals surface area contributed by atoms with Crippen molar-refractivity contribution >= 4 is 0 Å². The summed E-state index contributed by atoms with van der Waals surface area (Å²) in [5.74, 6) is -0.415. The van der Waals surface area contributed by atoms with Crippen molar-refractivity contribution in [3.05, 3.63) is 12.7 Å². The van der Waals surface area contributed by atoms with Gasteiger partial charge in [0.2, 0.25) is 0 Å². The molecule has 0 radical (unpaired) electrons. The third kappa shape index (κ3) is 1.04. The van der Waals surface area contributed by atoms with Crippen LogP contribution in [-0.4, -0.2) is 30.2 Å². The predicted molar refractivity (Wildman–Crippen MR) is 60.1 cm³/mol. The fourth-order valence-corrected chi connectivity index (χ4v) is 3.97. The van der Waals surface area contributed by atoms with Gasteiger partial charge in [0.15, 0.2) is 5.79 Å². The van der Waals surface area contributed by atoms with Gasteiger partial charge in [-0.1, -0.05) is 19.9 Å². The second kappa shape index (κ2) is 2.71. The molecule has 0 aromatic carbocycles. The first-order valence-corrected chi connectivity index (χ1v) is 6.00. The summed E-state index contributed by atoms with van der Waals surface area (Å²) in [5, 5.41) is 0. The zero-order valence-corrected chi connectivity index (χ0v) is 10.3. The van der Waals surface area contributed by atoms with E-state index in [2.05, 4.69) is 27.4 Å². The molecule has 0 N–H and O–H groups in total. The predicted octanol–water partition coefficient (Wildman–Crippen LogP) is 2.26. The first-order chi connectivity index (χ1) is 7.39. The largest absolute Gasteiger partial charge is 0.358 e. The maximum absolute atomic E-state index is 6.03. The van der Waals surface area contributed by atoms with Crippen LogP contribution in [0.25, 0.3) is 0 Å². The first kappa shape index (κ1) is 10.8. The van der Waals surface area contributed by atoms with Gasteiger partial charge in [0, 0.05) is 18.3 Å². The summed E-state index contributed by atoms with van der Waals surface area (Å²) in [5.41, 5.74) is -0.354. The minimum absolute atomic E-state index is 0.00604. The van der Waals surface area contributed by atoms with Crippen molar-refractivity contribution in [3.63, 3.8) is 0 Å². The van der Waals surface area contributed by atoms with E-state index in [1.807, 2.05) is 6.08 Å². The second-order valence-electron chi connectivity index (χ2n) is 6.12. The SMILES string of the molecule is C=CC12OC1(C)CC1(CC2(C)C)OCCO1. The molecule has 0 aromatic rings. The Morgan fingerprint density at radius 1 is 1.06 bits per heavy atom. The van der Waals surface area contributed by atoms with Gasteiger partial charge in [0.05, 0.1) is 13.2 Å². The number of rotatable bonds is 1. The average molecular weight is 224 g/mol. The molecule has 2 unspecified atom stereocenters. The molecular formula is C13H20O3. The van der Waals surface area contributed by atoms with Crippen LogP contribution in [0.15, 0.2) is 12.7 Å². The van der Waals surface area contributed by atoms with Gasteiger partial charge in [-0.15, -0.1) is 6.58 Å². The minimum atomic E-state index is -0.415. The Bertz CT molecular complexity index is 343. The van der Waals surface area contributed by atoms with Crippen molar-refractivity contribution in [2.45, 2.75) is 50.6 Å². The highest BCUT2D eigenvalue weighted by Gasteiger charge is 2.78. The quantitative estimate of drug-likeness (QED) is 0.505. The Morgan fingerprint density at radius 2 is 1.69 bits per heavy atom. The van der Waals surface area contributed by atoms with Crippen LogP contribution in [0.4, 0.5) is 0 Å². The molecule has 0 aromatic heterocycles. The van der Waals surface area contributed by atoms with Gasteiger partial charge in [-0.2, -0.15) is 0 Å². The zero-order chi connectivity index (χ0) is 11.7. The molecule has 2 heterocycles. The molecule has 1 saturated carbocycles. The fraction of sp³-hybridized carbons (Fsp3) is 0.846. The lowest BCUT2D eigenvalue weighted by Crippen LogP contribution is -2.52. The normalized spacial score (nSPS) is 47.7. The Balaban J connectivity index is 1.98. The summed E-state index contributed by atoms with van der Waals surface area (Å²) in [4.78, 5) is 0. The molecule has 3 aliphatic rings. The summed E-state index contributed by atoms with van der Waals surface area (Å²) >= 11 is 0. The van der Waals surface area contributed by atoms with Crippen LogP contribution < -0.4 is 0 Å². The van der Waals surface area contributed by atoms with Crippen LogP contribution in [0.3, 0.4) is 0 Å². The van der Waals surface area contributed by atoms with E-state index in [1.54, 1.807) is 0 Å². The Morgan fingerprint density at radius 3 is 2.19 bits per heavy atom. The van der Waals surface area contributed by atoms with Crippen molar-refractivity contribution < 1.29 is 14.2 Å². The standard InChI is InChI=1S/C13H20O3/c1-5-13-10(2,3)8-12(14-6-7-15-12)9-11(13,4)16-13/h5H,1,6-9H2,2-4H3. The van der Waals surface area contributed by atoms with Crippen LogP contribution in [-0.2, 0) is 14.2 Å². The number of ether oxygens (including phenoxy) is 3. The van der Waals surface area contributed by atoms with Crippen molar-refractivity contribution in [2.75, 3.05) is 13.2 Å². The molecule has 3 heteroatoms. The second-order valence-corrected chi connectivity index (χ2v) is 6.12. The van der Waals surface area contributed by atoms with Crippen molar-refractivity contribution in [1.29, 1.82) is 0 Å². The van der Waals surface area contributed by atoms with Gasteiger partial charge in [-0.25, -0.2) is 0 Å². The minimum Gasteiger partial charge on any atom is -0.358 e. The number of hydrogen-bond donors (Lipinski definition) is 0. The average Bonchev–Trinajstić information content (AvgIpc) is 2.56. The topological polar surface area (TPSA) is 31.0 Å². The third-order valence-corrected chi connectivity index (χ3v) is 4.55. The van der Waals surface area contributed by atoms with Gasteiger partial charge in [-0.05, 0) is 6.92 Å². The van der Waals surface area contributed by atoms with Gasteiger partial charge in [0.1, 0.15) is 11.2 Å². The van der Waals surface area contributed by atoms with Gasteiger partial charge in [-0.3, -0.25) is 0 Å². The Labute approximate surface area is 96.8 Å². The Hall–Kier alpha value is -0.380. The maximum Gasteiger partial charge on any atom is 0.172 e. The maximum atomic E-state index is 6.03. The van der Waals surface area contributed by atoms with E-state index in [0.717, 1.165) is 12.8 Å². The number of hydrogen-bond acceptors (Lipinski definition) is 3. The summed E-state index contributed by atoms with van der Waals surface area (Å²) in [6, 6.07) is 0. The van der Waals surface area contributed by atoms with E-state index >= 15 is 0 Å². The summed E-state index contributed by atoms with van der Waals surface area (Å²) in [7, 11) is 0. The van der Waals surface area contributed by atoms with Crippen LogP contribution in [0, 0.1) is 5.41 Å². The lowest BCUT2D eigenvalue weighted by atomic mass is 9.62. The van der Waals surface area contributed by atoms with Gasteiger partial charge >= 0.3 is 0 Å². The summed E-state index contributed by atoms with van der Waals surface area (Å²) in [6.07, 6.45) is 3.66. The van der Waals surface area contributed by atoms with Gasteiger partial charge in [0.25, 0.3) is 0 Å². The van der Waals surface area contributed by atoms with Gasteiger partial charge < -0.3 is 14.2 Å². The Kier molecular flexibility index (Phi) is 1.82. The molecule has 0 amide bonds. The van der Waals surface area contributed by atoms with Crippen LogP contribution in [0.5, 0.6) is 0 Å². The van der Waals surface area contributed by atoms with Crippen LogP contribution in [0.1, 0.15) is 33.6 Å². The van der Waals surface area contributed by atoms with Crippen LogP contribution in [0.2, 0.25) is 0 Å². The van der Waals surface area contributed by atoms with E-state index < -0.39 is 5.79 Å². The monoisotopic (exact) mass is 224 g/mol. The van der Waals surface area contributed by atoms with E-state index in [0.29, 0.717) is 13.2 Å². The molecule has 3 fully saturated rings. The summed E-state index contributed by atoms with van der Waals surface area (Å²) in [6.45, 7) is 11.9. The number of fused-ring (bicyclic) bond motifs is 1. The highest BCUT2D eigenvalue weighted by atomic mass is 16.7. The summed E-state index contributed by atoms with van der Waals surface area (Å²) < 4.78 is 17.7. The lowest BCUT2D eigenvalue weighted by Gasteiger charge is -2.44. The van der Waals surface area contributed by atoms with Crippen LogP contribution >= 0.6 is 0 Å². The smallest absolute Gasteiger partial charge is 0.172 e. The molecule has 1 spiro atoms. The van der Waals surface area contributed by atoms with E-state index in [-0.39, 0.29) is 16.6 Å². The highest BCUT2D eigenvalue weighted by Crippen LogP contribution is 2.68. The lowest BCUT2D eigenvalue weighted by molar-refractivity contribution is -0.201. The number of epoxide rings is 1. The van der Waals surface area contributed by atoms with E-state index in [9.17, 15) is 0 Å². The molecule has 2 saturated heterocycles.